The molecule has 0 bridgehead atoms. The average molecular weight is 381 g/mol. The summed E-state index contributed by atoms with van der Waals surface area (Å²) in [5.41, 5.74) is 0.840. The highest BCUT2D eigenvalue weighted by molar-refractivity contribution is 7.89. The Labute approximate surface area is 153 Å². The molecule has 2 aromatic rings. The maximum absolute atomic E-state index is 12.6. The highest BCUT2D eigenvalue weighted by Crippen LogP contribution is 2.31. The molecule has 0 atom stereocenters. The van der Waals surface area contributed by atoms with Crippen LogP contribution in [-0.4, -0.2) is 43.4 Å². The van der Waals surface area contributed by atoms with Crippen LogP contribution < -0.4 is 23.7 Å². The van der Waals surface area contributed by atoms with Crippen molar-refractivity contribution in [1.29, 1.82) is 0 Å². The van der Waals surface area contributed by atoms with Crippen molar-refractivity contribution < 1.29 is 27.4 Å². The van der Waals surface area contributed by atoms with Gasteiger partial charge in [-0.05, 0) is 30.2 Å². The molecule has 0 aliphatic rings. The van der Waals surface area contributed by atoms with Gasteiger partial charge in [0.25, 0.3) is 0 Å². The molecule has 0 saturated carbocycles. The molecular weight excluding hydrogens is 358 g/mol. The number of methoxy groups -OCH3 is 4. The molecule has 2 rings (SSSR count). The number of ether oxygens (including phenoxy) is 4. The number of benzene rings is 2. The third kappa shape index (κ3) is 4.39. The Hall–Kier alpha value is -2.45. The van der Waals surface area contributed by atoms with E-state index in [2.05, 4.69) is 4.72 Å². The van der Waals surface area contributed by atoms with Gasteiger partial charge in [-0.2, -0.15) is 0 Å². The SMILES string of the molecule is COc1ccc(OC)c(S(=O)(=O)NCCc2cccc(OC)c2OC)c1. The molecule has 0 fully saturated rings. The molecule has 8 heteroatoms. The van der Waals surface area contributed by atoms with Crippen LogP contribution >= 0.6 is 0 Å². The molecule has 2 aromatic carbocycles. The molecule has 0 spiro atoms. The van der Waals surface area contributed by atoms with Crippen molar-refractivity contribution in [3.63, 3.8) is 0 Å². The number of rotatable bonds is 9. The molecule has 7 nitrogen and oxygen atoms in total. The highest BCUT2D eigenvalue weighted by atomic mass is 32.2. The van der Waals surface area contributed by atoms with Gasteiger partial charge in [-0.1, -0.05) is 12.1 Å². The van der Waals surface area contributed by atoms with E-state index in [1.165, 1.54) is 20.3 Å². The Morgan fingerprint density at radius 1 is 0.885 bits per heavy atom. The van der Waals surface area contributed by atoms with Gasteiger partial charge in [-0.15, -0.1) is 0 Å². The number of sulfonamides is 1. The molecule has 0 heterocycles. The van der Waals surface area contributed by atoms with E-state index in [1.54, 1.807) is 32.4 Å². The second-order valence-corrected chi connectivity index (χ2v) is 7.05. The number of nitrogens with one attached hydrogen (secondary N) is 1. The van der Waals surface area contributed by atoms with E-state index < -0.39 is 10.0 Å². The first kappa shape index (κ1) is 19.9. The summed E-state index contributed by atoms with van der Waals surface area (Å²) >= 11 is 0. The van der Waals surface area contributed by atoms with Crippen LogP contribution in [0.4, 0.5) is 0 Å². The fourth-order valence-electron chi connectivity index (χ4n) is 2.54. The average Bonchev–Trinajstić information content (AvgIpc) is 2.66. The Kier molecular flexibility index (Phi) is 6.70. The van der Waals surface area contributed by atoms with Crippen molar-refractivity contribution >= 4 is 10.0 Å². The van der Waals surface area contributed by atoms with E-state index in [4.69, 9.17) is 18.9 Å². The molecule has 0 radical (unpaired) electrons. The molecule has 26 heavy (non-hydrogen) atoms. The summed E-state index contributed by atoms with van der Waals surface area (Å²) in [5.74, 6) is 1.87. The lowest BCUT2D eigenvalue weighted by atomic mass is 10.1. The Balaban J connectivity index is 2.17. The van der Waals surface area contributed by atoms with Crippen LogP contribution in [0.15, 0.2) is 41.3 Å². The molecule has 0 aromatic heterocycles. The third-order valence-electron chi connectivity index (χ3n) is 3.83. The van der Waals surface area contributed by atoms with Crippen LogP contribution in [0.2, 0.25) is 0 Å². The van der Waals surface area contributed by atoms with Gasteiger partial charge < -0.3 is 18.9 Å². The fourth-order valence-corrected chi connectivity index (χ4v) is 3.76. The van der Waals surface area contributed by atoms with Gasteiger partial charge in [-0.25, -0.2) is 13.1 Å². The zero-order chi connectivity index (χ0) is 19.2. The van der Waals surface area contributed by atoms with Gasteiger partial charge in [0.05, 0.1) is 28.4 Å². The third-order valence-corrected chi connectivity index (χ3v) is 5.31. The van der Waals surface area contributed by atoms with Crippen molar-refractivity contribution in [2.75, 3.05) is 35.0 Å². The lowest BCUT2D eigenvalue weighted by Crippen LogP contribution is -2.26. The summed E-state index contributed by atoms with van der Waals surface area (Å²) < 4.78 is 48.7. The normalized spacial score (nSPS) is 11.1. The standard InChI is InChI=1S/C18H23NO6S/c1-22-14-8-9-15(23-2)17(12-14)26(20,21)19-11-10-13-6-5-7-16(24-3)18(13)25-4/h5-9,12,19H,10-11H2,1-4H3. The molecule has 0 saturated heterocycles. The minimum absolute atomic E-state index is 0.0250. The van der Waals surface area contributed by atoms with Gasteiger partial charge >= 0.3 is 0 Å². The molecule has 1 N–H and O–H groups in total. The summed E-state index contributed by atoms with van der Waals surface area (Å²) in [7, 11) is 2.23. The van der Waals surface area contributed by atoms with Crippen LogP contribution in [0, 0.1) is 0 Å². The molecule has 0 aliphatic heterocycles. The zero-order valence-electron chi connectivity index (χ0n) is 15.2. The van der Waals surface area contributed by atoms with Gasteiger partial charge in [0.15, 0.2) is 11.5 Å². The second-order valence-electron chi connectivity index (χ2n) is 5.32. The Morgan fingerprint density at radius 3 is 2.23 bits per heavy atom. The number of hydrogen-bond acceptors (Lipinski definition) is 6. The second kappa shape index (κ2) is 8.77. The van der Waals surface area contributed by atoms with Gasteiger partial charge in [-0.3, -0.25) is 0 Å². The minimum atomic E-state index is -3.77. The van der Waals surface area contributed by atoms with E-state index in [0.29, 0.717) is 23.7 Å². The quantitative estimate of drug-likeness (QED) is 0.717. The molecule has 0 unspecified atom stereocenters. The molecule has 142 valence electrons. The summed E-state index contributed by atoms with van der Waals surface area (Å²) in [6, 6.07) is 10.1. The van der Waals surface area contributed by atoms with Crippen molar-refractivity contribution in [3.8, 4) is 23.0 Å². The summed E-state index contributed by atoms with van der Waals surface area (Å²) in [5, 5.41) is 0. The Bertz CT molecular complexity index is 851. The van der Waals surface area contributed by atoms with Crippen LogP contribution in [0.3, 0.4) is 0 Å². The fraction of sp³-hybridized carbons (Fsp3) is 0.333. The van der Waals surface area contributed by atoms with Crippen LogP contribution in [0.1, 0.15) is 5.56 Å². The topological polar surface area (TPSA) is 83.1 Å². The largest absolute Gasteiger partial charge is 0.497 e. The van der Waals surface area contributed by atoms with Crippen molar-refractivity contribution in [3.05, 3.63) is 42.0 Å². The maximum atomic E-state index is 12.6. The highest BCUT2D eigenvalue weighted by Gasteiger charge is 2.20. The maximum Gasteiger partial charge on any atom is 0.244 e. The smallest absolute Gasteiger partial charge is 0.244 e. The zero-order valence-corrected chi connectivity index (χ0v) is 16.1. The first-order chi connectivity index (χ1) is 12.5. The molecule has 0 amide bonds. The van der Waals surface area contributed by atoms with Crippen molar-refractivity contribution in [1.82, 2.24) is 4.72 Å². The lowest BCUT2D eigenvalue weighted by Gasteiger charge is -2.14. The first-order valence-electron chi connectivity index (χ1n) is 7.88. The van der Waals surface area contributed by atoms with Gasteiger partial charge in [0.1, 0.15) is 16.4 Å². The lowest BCUT2D eigenvalue weighted by molar-refractivity contribution is 0.351. The predicted octanol–water partition coefficient (Wildman–Crippen LogP) is 2.24. The molecule has 0 aliphatic carbocycles. The van der Waals surface area contributed by atoms with E-state index in [1.807, 2.05) is 12.1 Å². The summed E-state index contributed by atoms with van der Waals surface area (Å²) in [6.45, 7) is 0.187. The van der Waals surface area contributed by atoms with Crippen LogP contribution in [-0.2, 0) is 16.4 Å². The first-order valence-corrected chi connectivity index (χ1v) is 9.36. The van der Waals surface area contributed by atoms with Crippen molar-refractivity contribution in [2.24, 2.45) is 0 Å². The molecular formula is C18H23NO6S. The van der Waals surface area contributed by atoms with Gasteiger partial charge in [0.2, 0.25) is 10.0 Å². The van der Waals surface area contributed by atoms with E-state index in [0.717, 1.165) is 5.56 Å². The number of para-hydroxylation sites is 1. The van der Waals surface area contributed by atoms with E-state index >= 15 is 0 Å². The van der Waals surface area contributed by atoms with Gasteiger partial charge in [0, 0.05) is 12.6 Å². The monoisotopic (exact) mass is 381 g/mol. The van der Waals surface area contributed by atoms with Crippen LogP contribution in [0.5, 0.6) is 23.0 Å². The number of hydrogen-bond donors (Lipinski definition) is 1. The van der Waals surface area contributed by atoms with E-state index in [-0.39, 0.29) is 17.2 Å². The van der Waals surface area contributed by atoms with Crippen molar-refractivity contribution in [2.45, 2.75) is 11.3 Å². The minimum Gasteiger partial charge on any atom is -0.497 e. The van der Waals surface area contributed by atoms with E-state index in [9.17, 15) is 8.42 Å². The summed E-state index contributed by atoms with van der Waals surface area (Å²) in [4.78, 5) is 0.0250. The predicted molar refractivity (Wildman–Crippen MR) is 98.0 cm³/mol. The van der Waals surface area contributed by atoms with Crippen LogP contribution in [0.25, 0.3) is 0 Å². The summed E-state index contributed by atoms with van der Waals surface area (Å²) in [6.07, 6.45) is 0.436. The Morgan fingerprint density at radius 2 is 1.62 bits per heavy atom.